The van der Waals surface area contributed by atoms with Crippen molar-refractivity contribution < 1.29 is 18.7 Å². The van der Waals surface area contributed by atoms with E-state index >= 15 is 0 Å². The first-order valence-corrected chi connectivity index (χ1v) is 8.84. The van der Waals surface area contributed by atoms with Gasteiger partial charge in [0.2, 0.25) is 11.8 Å². The van der Waals surface area contributed by atoms with Gasteiger partial charge in [0.05, 0.1) is 11.6 Å². The molecule has 1 aromatic heterocycles. The number of ether oxygens (including phenoxy) is 1. The zero-order valence-electron chi connectivity index (χ0n) is 15.9. The first kappa shape index (κ1) is 19.8. The number of aromatic nitrogens is 2. The largest absolute Gasteiger partial charge is 0.449 e. The fraction of sp³-hybridized carbons (Fsp3) is 0.190. The average Bonchev–Trinajstić information content (AvgIpc) is 3.19. The first-order chi connectivity index (χ1) is 14.0. The number of carbonyl (C=O) groups is 2. The Morgan fingerprint density at radius 2 is 1.83 bits per heavy atom. The number of aryl methyl sites for hydroxylation is 1. The number of nitriles is 1. The van der Waals surface area contributed by atoms with Gasteiger partial charge in [-0.15, -0.1) is 10.2 Å². The average molecular weight is 390 g/mol. The molecule has 1 N–H and O–H groups in total. The normalized spacial score (nSPS) is 11.3. The van der Waals surface area contributed by atoms with Crippen molar-refractivity contribution in [3.8, 4) is 17.5 Å². The van der Waals surface area contributed by atoms with E-state index in [1.54, 1.807) is 25.1 Å². The molecule has 1 amide bonds. The molecule has 0 saturated heterocycles. The van der Waals surface area contributed by atoms with Crippen LogP contribution in [0.4, 0.5) is 5.69 Å². The molecule has 0 aliphatic heterocycles. The van der Waals surface area contributed by atoms with Crippen LogP contribution in [0.2, 0.25) is 0 Å². The third-order valence-corrected chi connectivity index (χ3v) is 4.01. The van der Waals surface area contributed by atoms with Crippen molar-refractivity contribution in [2.24, 2.45) is 0 Å². The Balaban J connectivity index is 1.62. The summed E-state index contributed by atoms with van der Waals surface area (Å²) in [6.07, 6.45) is -0.972. The molecule has 1 atom stereocenters. The van der Waals surface area contributed by atoms with E-state index in [1.165, 1.54) is 12.1 Å². The minimum Gasteiger partial charge on any atom is -0.449 e. The van der Waals surface area contributed by atoms with Gasteiger partial charge in [0, 0.05) is 11.3 Å². The molecule has 0 radical (unpaired) electrons. The summed E-state index contributed by atoms with van der Waals surface area (Å²) < 4.78 is 11.0. The van der Waals surface area contributed by atoms with Gasteiger partial charge in [0.15, 0.2) is 6.10 Å². The van der Waals surface area contributed by atoms with Gasteiger partial charge in [-0.1, -0.05) is 17.7 Å². The monoisotopic (exact) mass is 390 g/mol. The highest BCUT2D eigenvalue weighted by Crippen LogP contribution is 2.23. The molecular weight excluding hydrogens is 372 g/mol. The quantitative estimate of drug-likeness (QED) is 0.636. The molecule has 146 valence electrons. The number of carbonyl (C=O) groups excluding carboxylic acids is 2. The Bertz CT molecular complexity index is 1050. The molecule has 3 rings (SSSR count). The molecule has 0 aliphatic rings. The summed E-state index contributed by atoms with van der Waals surface area (Å²) in [5.41, 5.74) is 2.68. The molecule has 0 unspecified atom stereocenters. The molecule has 0 saturated carbocycles. The van der Waals surface area contributed by atoms with Crippen LogP contribution in [0.3, 0.4) is 0 Å². The molecule has 0 fully saturated rings. The van der Waals surface area contributed by atoms with Crippen molar-refractivity contribution in [2.75, 3.05) is 5.32 Å². The lowest BCUT2D eigenvalue weighted by atomic mass is 10.1. The summed E-state index contributed by atoms with van der Waals surface area (Å²) >= 11 is 0. The van der Waals surface area contributed by atoms with E-state index in [0.717, 1.165) is 11.1 Å². The van der Waals surface area contributed by atoms with E-state index in [4.69, 9.17) is 14.4 Å². The fourth-order valence-corrected chi connectivity index (χ4v) is 2.46. The zero-order valence-corrected chi connectivity index (χ0v) is 15.9. The predicted molar refractivity (Wildman–Crippen MR) is 104 cm³/mol. The SMILES string of the molecule is Cc1ccc(-c2nnc([C@@H](C)OC(=O)c3ccc(NC(=O)CC#N)cc3)o2)cc1. The minimum atomic E-state index is -0.732. The van der Waals surface area contributed by atoms with Crippen LogP contribution in [0.1, 0.15) is 41.3 Å². The highest BCUT2D eigenvalue weighted by molar-refractivity contribution is 5.93. The van der Waals surface area contributed by atoms with Gasteiger partial charge in [0.25, 0.3) is 5.89 Å². The number of anilines is 1. The van der Waals surface area contributed by atoms with Gasteiger partial charge in [0.1, 0.15) is 6.42 Å². The highest BCUT2D eigenvalue weighted by Gasteiger charge is 2.20. The van der Waals surface area contributed by atoms with E-state index in [-0.39, 0.29) is 12.3 Å². The van der Waals surface area contributed by atoms with Gasteiger partial charge in [-0.3, -0.25) is 4.79 Å². The van der Waals surface area contributed by atoms with E-state index in [1.807, 2.05) is 31.2 Å². The summed E-state index contributed by atoms with van der Waals surface area (Å²) in [7, 11) is 0. The van der Waals surface area contributed by atoms with Crippen LogP contribution in [0.5, 0.6) is 0 Å². The number of esters is 1. The Hall–Kier alpha value is -3.99. The van der Waals surface area contributed by atoms with Crippen molar-refractivity contribution in [2.45, 2.75) is 26.4 Å². The van der Waals surface area contributed by atoms with Crippen molar-refractivity contribution in [1.29, 1.82) is 5.26 Å². The Kier molecular flexibility index (Phi) is 6.00. The topological polar surface area (TPSA) is 118 Å². The second-order valence-corrected chi connectivity index (χ2v) is 6.32. The van der Waals surface area contributed by atoms with Crippen LogP contribution in [-0.4, -0.2) is 22.1 Å². The molecule has 1 heterocycles. The number of rotatable bonds is 6. The maximum Gasteiger partial charge on any atom is 0.338 e. The van der Waals surface area contributed by atoms with Crippen molar-refractivity contribution in [1.82, 2.24) is 10.2 Å². The fourth-order valence-electron chi connectivity index (χ4n) is 2.46. The lowest BCUT2D eigenvalue weighted by Crippen LogP contribution is -2.11. The van der Waals surface area contributed by atoms with Gasteiger partial charge in [-0.25, -0.2) is 4.79 Å². The van der Waals surface area contributed by atoms with Crippen molar-refractivity contribution >= 4 is 17.6 Å². The number of hydrogen-bond acceptors (Lipinski definition) is 7. The molecule has 2 aromatic carbocycles. The van der Waals surface area contributed by atoms with E-state index in [0.29, 0.717) is 17.1 Å². The van der Waals surface area contributed by atoms with Crippen LogP contribution < -0.4 is 5.32 Å². The Labute approximate surface area is 167 Å². The summed E-state index contributed by atoms with van der Waals surface area (Å²) in [6, 6.07) is 15.5. The molecule has 0 bridgehead atoms. The predicted octanol–water partition coefficient (Wildman–Crippen LogP) is 3.82. The molecule has 0 aliphatic carbocycles. The molecule has 0 spiro atoms. The Morgan fingerprint density at radius 3 is 2.48 bits per heavy atom. The molecule has 8 heteroatoms. The summed E-state index contributed by atoms with van der Waals surface area (Å²) in [4.78, 5) is 23.7. The summed E-state index contributed by atoms with van der Waals surface area (Å²) in [5.74, 6) is -0.450. The summed E-state index contributed by atoms with van der Waals surface area (Å²) in [6.45, 7) is 3.62. The van der Waals surface area contributed by atoms with Gasteiger partial charge in [-0.2, -0.15) is 5.26 Å². The smallest absolute Gasteiger partial charge is 0.338 e. The molecule has 8 nitrogen and oxygen atoms in total. The van der Waals surface area contributed by atoms with Gasteiger partial charge in [-0.05, 0) is 50.2 Å². The second kappa shape index (κ2) is 8.80. The lowest BCUT2D eigenvalue weighted by molar-refractivity contribution is -0.115. The van der Waals surface area contributed by atoms with E-state index in [9.17, 15) is 9.59 Å². The molecule has 3 aromatic rings. The maximum absolute atomic E-state index is 12.3. The van der Waals surface area contributed by atoms with Gasteiger partial charge >= 0.3 is 5.97 Å². The first-order valence-electron chi connectivity index (χ1n) is 8.84. The van der Waals surface area contributed by atoms with Crippen LogP contribution in [0, 0.1) is 18.3 Å². The molecule has 29 heavy (non-hydrogen) atoms. The second-order valence-electron chi connectivity index (χ2n) is 6.32. The van der Waals surface area contributed by atoms with E-state index < -0.39 is 18.0 Å². The van der Waals surface area contributed by atoms with Crippen LogP contribution in [-0.2, 0) is 9.53 Å². The summed E-state index contributed by atoms with van der Waals surface area (Å²) in [5, 5.41) is 19.0. The van der Waals surface area contributed by atoms with Crippen LogP contribution >= 0.6 is 0 Å². The molecular formula is C21H18N4O4. The number of hydrogen-bond donors (Lipinski definition) is 1. The third kappa shape index (κ3) is 5.05. The highest BCUT2D eigenvalue weighted by atomic mass is 16.6. The Morgan fingerprint density at radius 1 is 1.14 bits per heavy atom. The van der Waals surface area contributed by atoms with Crippen molar-refractivity contribution in [3.05, 3.63) is 65.5 Å². The number of amides is 1. The standard InChI is InChI=1S/C21H18N4O4/c1-13-3-5-15(6-4-13)20-25-24-19(29-20)14(2)28-21(27)16-7-9-17(10-8-16)23-18(26)11-12-22/h3-10,14H,11H2,1-2H3,(H,23,26)/t14-/m1/s1. The minimum absolute atomic E-state index is 0.189. The van der Waals surface area contributed by atoms with Crippen molar-refractivity contribution in [3.63, 3.8) is 0 Å². The maximum atomic E-state index is 12.3. The van der Waals surface area contributed by atoms with Gasteiger partial charge < -0.3 is 14.5 Å². The number of benzene rings is 2. The lowest BCUT2D eigenvalue weighted by Gasteiger charge is -2.10. The number of nitrogens with one attached hydrogen (secondary N) is 1. The third-order valence-electron chi connectivity index (χ3n) is 4.01. The zero-order chi connectivity index (χ0) is 20.8. The van der Waals surface area contributed by atoms with E-state index in [2.05, 4.69) is 15.5 Å². The van der Waals surface area contributed by atoms with Crippen LogP contribution in [0.25, 0.3) is 11.5 Å². The number of nitrogens with zero attached hydrogens (tertiary/aromatic N) is 3. The van der Waals surface area contributed by atoms with Crippen LogP contribution in [0.15, 0.2) is 52.9 Å².